The highest BCUT2D eigenvalue weighted by Gasteiger charge is 2.45. The van der Waals surface area contributed by atoms with Crippen molar-refractivity contribution >= 4 is 83.3 Å². The molecule has 0 saturated carbocycles. The van der Waals surface area contributed by atoms with Gasteiger partial charge in [-0.3, -0.25) is 9.11 Å². The lowest BCUT2D eigenvalue weighted by atomic mass is 10.2. The summed E-state index contributed by atoms with van der Waals surface area (Å²) in [6, 6.07) is 89.7. The van der Waals surface area contributed by atoms with Gasteiger partial charge < -0.3 is 27.9 Å². The number of halogens is 15. The molecule has 0 spiro atoms. The Bertz CT molecular complexity index is 4440. The first-order valence-corrected chi connectivity index (χ1v) is 41.7. The largest absolute Gasteiger partial charge is 0.741 e. The predicted octanol–water partition coefficient (Wildman–Crippen LogP) is 18.8. The van der Waals surface area contributed by atoms with E-state index in [-0.39, 0.29) is 49.5 Å². The summed E-state index contributed by atoms with van der Waals surface area (Å²) in [5.74, 6) is 2.70. The topological polar surface area (TPSA) is 308 Å². The van der Waals surface area contributed by atoms with Gasteiger partial charge >= 0.3 is 47.8 Å². The molecule has 616 valence electrons. The van der Waals surface area contributed by atoms with Gasteiger partial charge in [-0.2, -0.15) is 82.7 Å². The van der Waals surface area contributed by atoms with E-state index >= 15 is 0 Å². The second-order valence-electron chi connectivity index (χ2n) is 24.4. The lowest BCUT2D eigenvalue weighted by Crippen LogP contribution is -2.23. The summed E-state index contributed by atoms with van der Waals surface area (Å²) in [6.07, 6.45) is 0. The quantitative estimate of drug-likeness (QED) is 0.0497. The fraction of sp³-hybridized carbons (Fsp3) is 0.239. The van der Waals surface area contributed by atoms with Crippen molar-refractivity contribution < 1.29 is 145 Å². The normalized spacial score (nSPS) is 12.4. The van der Waals surface area contributed by atoms with Gasteiger partial charge in [0.05, 0.1) is 32.7 Å². The summed E-state index contributed by atoms with van der Waals surface area (Å²) in [5.41, 5.74) is -28.6. The minimum Gasteiger partial charge on any atom is -0.741 e. The molecule has 0 fully saturated rings. The van der Waals surface area contributed by atoms with Gasteiger partial charge in [-0.15, -0.1) is 0 Å². The van der Waals surface area contributed by atoms with E-state index in [0.717, 1.165) is 17.2 Å². The Balaban J connectivity index is 0.000000464. The first kappa shape index (κ1) is 100. The molecule has 0 aliphatic heterocycles. The van der Waals surface area contributed by atoms with Crippen molar-refractivity contribution in [2.24, 2.45) is 0 Å². The maximum absolute atomic E-state index is 10.7. The molecular weight excluding hydrogens is 1680 g/mol. The number of hydrogen-bond acceptors (Lipinski definition) is 16. The van der Waals surface area contributed by atoms with Crippen molar-refractivity contribution in [1.29, 1.82) is 0 Å². The SMILES string of the molecule is CC(C)(C)Oc1ccc([S+](c2ccccc2)c2ccc(OC(C)(C)C)cc2)cc1.CC(C)(C)Oc1ccc([S+](c2ccccc2)c2ccccc2)cc1.O=S(=O)(O)C(F)(F)F.O=S(=O)(O)C(F)(F)F.O=S(=O)([O-])C(F)(F)F.O=S(=O)([O-])C(F)(F)F.O=S(=O)([O-])C(F)(F)F.c1ccc([S+](c2ccccc2)c2ccccc2)cc1. The van der Waals surface area contributed by atoms with E-state index in [2.05, 4.69) is 317 Å². The molecule has 0 amide bonds. The van der Waals surface area contributed by atoms with Gasteiger partial charge in [0.25, 0.3) is 0 Å². The third-order valence-electron chi connectivity index (χ3n) is 11.8. The van der Waals surface area contributed by atoms with Crippen molar-refractivity contribution in [3.05, 3.63) is 255 Å². The molecule has 18 nitrogen and oxygen atoms in total. The maximum atomic E-state index is 10.7. The standard InChI is InChI=1S/C26H31O2S.C22H23OS.C18H15S.5CHF3O3S/c1-25(2,3)27-20-12-16-23(17-13-20)29(22-10-8-7-9-11-22)24-18-14-21(15-19-24)28-26(4,5)6;1-22(2,3)23-18-14-16-21(17-15-18)24(19-10-6-4-7-11-19)20-12-8-5-9-13-20;1-4-10-16(11-5-1)19(17-12-6-2-7-13-17)18-14-8-3-9-15-18;5*2-1(3,4)8(5,6)7/h7-19H,1-6H3;4-17H,1-3H3;1-15H;5*(H,5,6,7)/q3*+1;;;;;/p-3. The molecule has 0 atom stereocenters. The van der Waals surface area contributed by atoms with E-state index in [1.165, 1.54) is 44.1 Å². The van der Waals surface area contributed by atoms with Gasteiger partial charge in [-0.1, -0.05) is 109 Å². The second-order valence-corrected chi connectivity index (χ2v) is 37.4. The molecule has 41 heteroatoms. The first-order chi connectivity index (χ1) is 50.8. The zero-order valence-electron chi connectivity index (χ0n) is 59.6. The van der Waals surface area contributed by atoms with Gasteiger partial charge in [-0.25, -0.2) is 25.3 Å². The van der Waals surface area contributed by atoms with E-state index in [1.54, 1.807) is 0 Å². The van der Waals surface area contributed by atoms with E-state index < -0.39 is 78.1 Å². The molecule has 0 aliphatic carbocycles. The van der Waals surface area contributed by atoms with Gasteiger partial charge in [0.15, 0.2) is 74.4 Å². The van der Waals surface area contributed by atoms with Crippen molar-refractivity contribution in [3.8, 4) is 17.2 Å². The Morgan fingerprint density at radius 1 is 0.232 bits per heavy atom. The van der Waals surface area contributed by atoms with Crippen LogP contribution in [0.4, 0.5) is 65.9 Å². The number of rotatable bonds is 12. The molecule has 0 aliphatic rings. The molecule has 0 aromatic heterocycles. The highest BCUT2D eigenvalue weighted by molar-refractivity contribution is 7.97. The Labute approximate surface area is 646 Å². The highest BCUT2D eigenvalue weighted by Crippen LogP contribution is 2.37. The van der Waals surface area contributed by atoms with Crippen molar-refractivity contribution in [3.63, 3.8) is 0 Å². The monoisotopic (exact) mass is 1750 g/mol. The van der Waals surface area contributed by atoms with Crippen LogP contribution >= 0.6 is 0 Å². The van der Waals surface area contributed by atoms with Crippen LogP contribution in [0.3, 0.4) is 0 Å². The summed E-state index contributed by atoms with van der Waals surface area (Å²) in [4.78, 5) is 11.9. The second kappa shape index (κ2) is 41.8. The molecule has 9 rings (SSSR count). The Kier molecular flexibility index (Phi) is 37.3. The fourth-order valence-corrected chi connectivity index (χ4v) is 13.8. The van der Waals surface area contributed by atoms with Crippen molar-refractivity contribution in [2.45, 2.75) is 151 Å². The third-order valence-corrected chi connectivity index (χ3v) is 21.3. The van der Waals surface area contributed by atoms with Crippen LogP contribution in [0.15, 0.2) is 299 Å². The molecule has 0 heterocycles. The zero-order chi connectivity index (χ0) is 86.0. The smallest absolute Gasteiger partial charge is 0.522 e. The Morgan fingerprint density at radius 3 is 0.429 bits per heavy atom. The van der Waals surface area contributed by atoms with Crippen LogP contribution in [0.5, 0.6) is 17.2 Å². The Hall–Kier alpha value is -8.07. The molecule has 9 aromatic rings. The molecule has 112 heavy (non-hydrogen) atoms. The highest BCUT2D eigenvalue weighted by atomic mass is 32.2. The summed E-state index contributed by atoms with van der Waals surface area (Å²) < 4.78 is 310. The molecule has 0 saturated heterocycles. The number of benzene rings is 9. The lowest BCUT2D eigenvalue weighted by Gasteiger charge is -2.21. The van der Waals surface area contributed by atoms with Crippen LogP contribution in [0.1, 0.15) is 62.3 Å². The van der Waals surface area contributed by atoms with Gasteiger partial charge in [0.1, 0.15) is 34.1 Å². The van der Waals surface area contributed by atoms with Gasteiger partial charge in [0, 0.05) is 0 Å². The van der Waals surface area contributed by atoms with Crippen LogP contribution in [-0.4, -0.2) is 109 Å². The van der Waals surface area contributed by atoms with Crippen LogP contribution in [0.2, 0.25) is 0 Å². The molecule has 0 bridgehead atoms. The molecule has 9 aromatic carbocycles. The number of hydrogen-bond donors (Lipinski definition) is 2. The van der Waals surface area contributed by atoms with Gasteiger partial charge in [-0.05, 0) is 208 Å². The average molecular weight is 1750 g/mol. The molecule has 2 N–H and O–H groups in total. The van der Waals surface area contributed by atoms with Crippen LogP contribution in [0, 0.1) is 0 Å². The summed E-state index contributed by atoms with van der Waals surface area (Å²) in [5, 5.41) is 0. The average Bonchev–Trinajstić information content (AvgIpc) is 0.806. The Morgan fingerprint density at radius 2 is 0.339 bits per heavy atom. The first-order valence-electron chi connectivity index (χ1n) is 30.9. The van der Waals surface area contributed by atoms with Crippen LogP contribution in [0.25, 0.3) is 0 Å². The minimum atomic E-state index is -6.09. The molecule has 0 radical (unpaired) electrons. The summed E-state index contributed by atoms with van der Waals surface area (Å²) >= 11 is 0. The zero-order valence-corrected chi connectivity index (χ0v) is 66.1. The number of alkyl halides is 15. The lowest BCUT2D eigenvalue weighted by molar-refractivity contribution is -0.0522. The molecular formula is C71H71F15O18S8. The van der Waals surface area contributed by atoms with Gasteiger partial charge in [0.2, 0.25) is 0 Å². The van der Waals surface area contributed by atoms with Crippen LogP contribution < -0.4 is 14.2 Å². The van der Waals surface area contributed by atoms with Crippen molar-refractivity contribution in [1.82, 2.24) is 0 Å². The fourth-order valence-electron chi connectivity index (χ4n) is 7.56. The van der Waals surface area contributed by atoms with E-state index in [9.17, 15) is 65.9 Å². The van der Waals surface area contributed by atoms with Crippen molar-refractivity contribution in [2.75, 3.05) is 0 Å². The van der Waals surface area contributed by atoms with Crippen LogP contribution in [-0.2, 0) is 83.3 Å². The third kappa shape index (κ3) is 37.7. The maximum Gasteiger partial charge on any atom is 0.522 e. The predicted molar refractivity (Wildman–Crippen MR) is 388 cm³/mol. The van der Waals surface area contributed by atoms with E-state index in [4.69, 9.17) is 79.1 Å². The van der Waals surface area contributed by atoms with E-state index in [1.807, 2.05) is 0 Å². The molecule has 0 unspecified atom stereocenters. The summed E-state index contributed by atoms with van der Waals surface area (Å²) in [7, 11) is -30.3. The minimum absolute atomic E-state index is 0.0146. The van der Waals surface area contributed by atoms with E-state index in [0.29, 0.717) is 0 Å². The number of ether oxygens (including phenoxy) is 3. The summed E-state index contributed by atoms with van der Waals surface area (Å²) in [6.45, 7) is 18.6.